The van der Waals surface area contributed by atoms with Crippen molar-refractivity contribution >= 4 is 0 Å². The van der Waals surface area contributed by atoms with Gasteiger partial charge in [0, 0.05) is 6.04 Å². The summed E-state index contributed by atoms with van der Waals surface area (Å²) in [4.78, 5) is 1.47. The van der Waals surface area contributed by atoms with Gasteiger partial charge in [0.2, 0.25) is 0 Å². The van der Waals surface area contributed by atoms with Crippen molar-refractivity contribution in [2.45, 2.75) is 50.4 Å². The fourth-order valence-corrected chi connectivity index (χ4v) is 2.62. The molecule has 3 nitrogen and oxygen atoms in total. The normalized spacial score (nSPS) is 28.6. The molecule has 2 unspecified atom stereocenters. The molecule has 0 aromatic heterocycles. The molecule has 0 aromatic rings. The molecule has 0 radical (unpaired) electrons. The Kier molecular flexibility index (Phi) is 5.00. The summed E-state index contributed by atoms with van der Waals surface area (Å²) in [6.07, 6.45) is -1.76. The van der Waals surface area contributed by atoms with Gasteiger partial charge in [0.1, 0.15) is 5.54 Å². The molecule has 0 saturated heterocycles. The van der Waals surface area contributed by atoms with E-state index in [0.717, 1.165) is 0 Å². The third kappa shape index (κ3) is 3.85. The molecule has 1 aliphatic carbocycles. The predicted molar refractivity (Wildman–Crippen MR) is 63.0 cm³/mol. The van der Waals surface area contributed by atoms with Crippen LogP contribution in [0, 0.1) is 11.3 Å². The van der Waals surface area contributed by atoms with Crippen molar-refractivity contribution in [1.29, 1.82) is 5.26 Å². The molecule has 0 spiro atoms. The standard InChI is InChI=1S/C12H20F3N3/c1-3-6-18(9-12(13,14)15)10-4-5-11(7-10,8-16)17-2/h10,17H,3-7,9H2,1-2H3. The lowest BCUT2D eigenvalue weighted by Gasteiger charge is -2.30. The third-order valence-corrected chi connectivity index (χ3v) is 3.59. The largest absolute Gasteiger partial charge is 0.401 e. The minimum atomic E-state index is -4.17. The summed E-state index contributed by atoms with van der Waals surface area (Å²) in [5, 5.41) is 12.1. The zero-order valence-electron chi connectivity index (χ0n) is 10.8. The fourth-order valence-electron chi connectivity index (χ4n) is 2.62. The van der Waals surface area contributed by atoms with Gasteiger partial charge in [0.05, 0.1) is 12.6 Å². The van der Waals surface area contributed by atoms with Crippen LogP contribution in [-0.4, -0.2) is 42.8 Å². The van der Waals surface area contributed by atoms with Crippen molar-refractivity contribution < 1.29 is 13.2 Å². The Morgan fingerprint density at radius 1 is 1.50 bits per heavy atom. The summed E-state index contributed by atoms with van der Waals surface area (Å²) in [5.41, 5.74) is -0.651. The Morgan fingerprint density at radius 2 is 2.17 bits per heavy atom. The lowest BCUT2D eigenvalue weighted by molar-refractivity contribution is -0.150. The van der Waals surface area contributed by atoms with Gasteiger partial charge < -0.3 is 5.32 Å². The van der Waals surface area contributed by atoms with E-state index < -0.39 is 18.3 Å². The van der Waals surface area contributed by atoms with E-state index >= 15 is 0 Å². The number of nitriles is 1. The van der Waals surface area contributed by atoms with Gasteiger partial charge in [-0.3, -0.25) is 4.90 Å². The lowest BCUT2D eigenvalue weighted by Crippen LogP contribution is -2.44. The molecular weight excluding hydrogens is 243 g/mol. The number of nitrogens with one attached hydrogen (secondary N) is 1. The smallest absolute Gasteiger partial charge is 0.302 e. The van der Waals surface area contributed by atoms with Crippen molar-refractivity contribution in [1.82, 2.24) is 10.2 Å². The molecule has 1 N–H and O–H groups in total. The summed E-state index contributed by atoms with van der Waals surface area (Å²) in [6.45, 7) is 1.42. The van der Waals surface area contributed by atoms with Crippen LogP contribution in [0.25, 0.3) is 0 Å². The zero-order chi connectivity index (χ0) is 13.8. The molecule has 6 heteroatoms. The third-order valence-electron chi connectivity index (χ3n) is 3.59. The van der Waals surface area contributed by atoms with Gasteiger partial charge in [-0.25, -0.2) is 0 Å². The van der Waals surface area contributed by atoms with Crippen LogP contribution in [0.2, 0.25) is 0 Å². The van der Waals surface area contributed by atoms with E-state index in [4.69, 9.17) is 5.26 Å². The second-order valence-electron chi connectivity index (χ2n) is 4.93. The first-order valence-electron chi connectivity index (χ1n) is 6.27. The first kappa shape index (κ1) is 15.3. The van der Waals surface area contributed by atoms with Crippen LogP contribution in [0.15, 0.2) is 0 Å². The molecule has 0 aliphatic heterocycles. The van der Waals surface area contributed by atoms with E-state index in [-0.39, 0.29) is 6.04 Å². The van der Waals surface area contributed by atoms with E-state index in [9.17, 15) is 13.2 Å². The zero-order valence-corrected chi connectivity index (χ0v) is 10.8. The highest BCUT2D eigenvalue weighted by molar-refractivity contribution is 5.12. The molecule has 18 heavy (non-hydrogen) atoms. The van der Waals surface area contributed by atoms with Gasteiger partial charge in [0.25, 0.3) is 0 Å². The van der Waals surface area contributed by atoms with Crippen LogP contribution in [0.1, 0.15) is 32.6 Å². The molecule has 0 aromatic carbocycles. The minimum Gasteiger partial charge on any atom is -0.302 e. The Morgan fingerprint density at radius 3 is 2.56 bits per heavy atom. The Hall–Kier alpha value is -0.800. The lowest BCUT2D eigenvalue weighted by atomic mass is 10.00. The average Bonchev–Trinajstić information content (AvgIpc) is 2.72. The van der Waals surface area contributed by atoms with Gasteiger partial charge in [-0.15, -0.1) is 0 Å². The fraction of sp³-hybridized carbons (Fsp3) is 0.917. The topological polar surface area (TPSA) is 39.1 Å². The molecule has 1 fully saturated rings. The number of nitrogens with zero attached hydrogens (tertiary/aromatic N) is 2. The summed E-state index contributed by atoms with van der Waals surface area (Å²) in [6, 6.07) is 2.04. The SMILES string of the molecule is CCCN(CC(F)(F)F)C1CCC(C#N)(NC)C1. The number of hydrogen-bond acceptors (Lipinski definition) is 3. The van der Waals surface area contributed by atoms with Crippen LogP contribution in [-0.2, 0) is 0 Å². The Bertz CT molecular complexity index is 311. The van der Waals surface area contributed by atoms with Gasteiger partial charge in [0.15, 0.2) is 0 Å². The quantitative estimate of drug-likeness (QED) is 0.827. The molecule has 104 valence electrons. The van der Waals surface area contributed by atoms with Crippen molar-refractivity contribution in [2.24, 2.45) is 0 Å². The maximum Gasteiger partial charge on any atom is 0.401 e. The monoisotopic (exact) mass is 263 g/mol. The van der Waals surface area contributed by atoms with E-state index in [2.05, 4.69) is 11.4 Å². The summed E-state index contributed by atoms with van der Waals surface area (Å²) < 4.78 is 37.5. The number of halogens is 3. The van der Waals surface area contributed by atoms with Crippen molar-refractivity contribution in [3.8, 4) is 6.07 Å². The molecule has 1 saturated carbocycles. The van der Waals surface area contributed by atoms with Crippen molar-refractivity contribution in [3.63, 3.8) is 0 Å². The first-order valence-corrected chi connectivity index (χ1v) is 6.27. The Balaban J connectivity index is 2.69. The maximum absolute atomic E-state index is 12.5. The van der Waals surface area contributed by atoms with Crippen LogP contribution in [0.3, 0.4) is 0 Å². The predicted octanol–water partition coefficient (Wildman–Crippen LogP) is 2.29. The van der Waals surface area contributed by atoms with Crippen LogP contribution >= 0.6 is 0 Å². The van der Waals surface area contributed by atoms with Crippen LogP contribution in [0.5, 0.6) is 0 Å². The highest BCUT2D eigenvalue weighted by Crippen LogP contribution is 2.33. The van der Waals surface area contributed by atoms with Gasteiger partial charge in [-0.2, -0.15) is 18.4 Å². The maximum atomic E-state index is 12.5. The molecule has 0 amide bonds. The second-order valence-corrected chi connectivity index (χ2v) is 4.93. The van der Waals surface area contributed by atoms with Crippen molar-refractivity contribution in [2.75, 3.05) is 20.1 Å². The molecule has 1 aliphatic rings. The van der Waals surface area contributed by atoms with E-state index in [1.807, 2.05) is 6.92 Å². The molecular formula is C12H20F3N3. The highest BCUT2D eigenvalue weighted by atomic mass is 19.4. The number of alkyl halides is 3. The van der Waals surface area contributed by atoms with Crippen LogP contribution < -0.4 is 5.32 Å². The molecule has 0 bridgehead atoms. The van der Waals surface area contributed by atoms with E-state index in [1.54, 1.807) is 7.05 Å². The summed E-state index contributed by atoms with van der Waals surface area (Å²) >= 11 is 0. The molecule has 2 atom stereocenters. The second kappa shape index (κ2) is 5.89. The van der Waals surface area contributed by atoms with E-state index in [0.29, 0.717) is 32.2 Å². The summed E-state index contributed by atoms with van der Waals surface area (Å²) in [7, 11) is 1.69. The first-order chi connectivity index (χ1) is 8.36. The van der Waals surface area contributed by atoms with Crippen molar-refractivity contribution in [3.05, 3.63) is 0 Å². The van der Waals surface area contributed by atoms with E-state index in [1.165, 1.54) is 4.90 Å². The van der Waals surface area contributed by atoms with Crippen LogP contribution in [0.4, 0.5) is 13.2 Å². The van der Waals surface area contributed by atoms with Gasteiger partial charge >= 0.3 is 6.18 Å². The van der Waals surface area contributed by atoms with Gasteiger partial charge in [-0.05, 0) is 39.3 Å². The Labute approximate surface area is 106 Å². The van der Waals surface area contributed by atoms with Gasteiger partial charge in [-0.1, -0.05) is 6.92 Å². The number of rotatable bonds is 5. The average molecular weight is 263 g/mol. The molecule has 0 heterocycles. The summed E-state index contributed by atoms with van der Waals surface area (Å²) in [5.74, 6) is 0. The minimum absolute atomic E-state index is 0.154. The highest BCUT2D eigenvalue weighted by Gasteiger charge is 2.42. The molecule has 1 rings (SSSR count). The number of hydrogen-bond donors (Lipinski definition) is 1.